The van der Waals surface area contributed by atoms with Gasteiger partial charge in [-0.25, -0.2) is 0 Å². The van der Waals surface area contributed by atoms with Gasteiger partial charge in [-0.2, -0.15) is 0 Å². The van der Waals surface area contributed by atoms with Crippen molar-refractivity contribution < 1.29 is 14.3 Å². The average Bonchev–Trinajstić information content (AvgIpc) is 2.48. The summed E-state index contributed by atoms with van der Waals surface area (Å²) >= 11 is 0. The minimum absolute atomic E-state index is 0.293. The number of carbonyl (C=O) groups excluding carboxylic acids is 1. The predicted octanol–water partition coefficient (Wildman–Crippen LogP) is 3.71. The Balaban J connectivity index is 2.14. The van der Waals surface area contributed by atoms with Crippen LogP contribution in [0.25, 0.3) is 0 Å². The quantitative estimate of drug-likeness (QED) is 0.627. The molecule has 3 heteroatoms. The van der Waals surface area contributed by atoms with Gasteiger partial charge in [0, 0.05) is 5.56 Å². The molecule has 0 aliphatic carbocycles. The van der Waals surface area contributed by atoms with Crippen LogP contribution in [0.4, 0.5) is 0 Å². The second-order valence-corrected chi connectivity index (χ2v) is 4.70. The Bertz CT molecular complexity index is 587. The topological polar surface area (TPSA) is 35.5 Å². The first-order valence-corrected chi connectivity index (χ1v) is 6.53. The monoisotopic (exact) mass is 270 g/mol. The summed E-state index contributed by atoms with van der Waals surface area (Å²) in [7, 11) is 1.59. The molecule has 3 nitrogen and oxygen atoms in total. The molecule has 0 aliphatic rings. The highest BCUT2D eigenvalue weighted by Crippen LogP contribution is 2.27. The number of ether oxygens (including phenoxy) is 2. The summed E-state index contributed by atoms with van der Waals surface area (Å²) in [5.74, 6) is 0.578. The van der Waals surface area contributed by atoms with Gasteiger partial charge < -0.3 is 9.47 Å². The number of carbonyl (C=O) groups is 1. The van der Waals surface area contributed by atoms with Crippen molar-refractivity contribution in [2.24, 2.45) is 0 Å². The third-order valence-corrected chi connectivity index (χ3v) is 3.20. The van der Waals surface area contributed by atoms with Crippen molar-refractivity contribution in [2.45, 2.75) is 19.8 Å². The van der Waals surface area contributed by atoms with Crippen LogP contribution in [0.3, 0.4) is 0 Å². The largest absolute Gasteiger partial charge is 0.496 e. The molecule has 1 atom stereocenters. The van der Waals surface area contributed by atoms with Crippen LogP contribution in [0.15, 0.2) is 48.5 Å². The highest BCUT2D eigenvalue weighted by Gasteiger charge is 2.20. The van der Waals surface area contributed by atoms with E-state index in [9.17, 15) is 4.79 Å². The van der Waals surface area contributed by atoms with E-state index >= 15 is 0 Å². The summed E-state index contributed by atoms with van der Waals surface area (Å²) in [5.41, 5.74) is 1.95. The Kier molecular flexibility index (Phi) is 4.41. The van der Waals surface area contributed by atoms with Gasteiger partial charge in [0.05, 0.1) is 13.0 Å². The first kappa shape index (κ1) is 14.1. The van der Waals surface area contributed by atoms with Gasteiger partial charge in [0.15, 0.2) is 0 Å². The molecular formula is C17H18O3. The highest BCUT2D eigenvalue weighted by molar-refractivity contribution is 5.80. The van der Waals surface area contributed by atoms with Gasteiger partial charge in [-0.05, 0) is 32.0 Å². The number of hydrogen-bond acceptors (Lipinski definition) is 3. The van der Waals surface area contributed by atoms with Crippen molar-refractivity contribution in [2.75, 3.05) is 7.11 Å². The second-order valence-electron chi connectivity index (χ2n) is 4.70. The molecule has 0 spiro atoms. The van der Waals surface area contributed by atoms with Crippen LogP contribution in [0.1, 0.15) is 24.0 Å². The molecule has 0 radical (unpaired) electrons. The van der Waals surface area contributed by atoms with Crippen LogP contribution in [0, 0.1) is 6.92 Å². The molecular weight excluding hydrogens is 252 g/mol. The van der Waals surface area contributed by atoms with Crippen LogP contribution < -0.4 is 9.47 Å². The minimum Gasteiger partial charge on any atom is -0.496 e. The van der Waals surface area contributed by atoms with E-state index in [4.69, 9.17) is 9.47 Å². The first-order valence-electron chi connectivity index (χ1n) is 6.53. The van der Waals surface area contributed by atoms with Crippen LogP contribution in [-0.2, 0) is 4.79 Å². The molecule has 2 aromatic rings. The van der Waals surface area contributed by atoms with E-state index in [-0.39, 0.29) is 11.9 Å². The lowest BCUT2D eigenvalue weighted by molar-refractivity contribution is -0.135. The van der Waals surface area contributed by atoms with Crippen molar-refractivity contribution >= 4 is 5.97 Å². The zero-order chi connectivity index (χ0) is 14.5. The van der Waals surface area contributed by atoms with Gasteiger partial charge in [-0.3, -0.25) is 4.79 Å². The molecule has 0 aliphatic heterocycles. The van der Waals surface area contributed by atoms with Gasteiger partial charge in [-0.1, -0.05) is 35.9 Å². The Labute approximate surface area is 119 Å². The van der Waals surface area contributed by atoms with E-state index in [1.165, 1.54) is 0 Å². The maximum atomic E-state index is 12.2. The summed E-state index contributed by atoms with van der Waals surface area (Å²) in [6, 6.07) is 14.9. The molecule has 2 aromatic carbocycles. The fourth-order valence-corrected chi connectivity index (χ4v) is 1.96. The standard InChI is InChI=1S/C17H18O3/c1-12-8-10-14(11-9-12)20-17(18)13(2)15-6-4-5-7-16(15)19-3/h4-11,13H,1-3H3. The number of hydrogen-bond donors (Lipinski definition) is 0. The lowest BCUT2D eigenvalue weighted by atomic mass is 10.0. The molecule has 0 fully saturated rings. The second kappa shape index (κ2) is 6.24. The normalized spacial score (nSPS) is 11.8. The summed E-state index contributed by atoms with van der Waals surface area (Å²) in [6.07, 6.45) is 0. The van der Waals surface area contributed by atoms with Crippen molar-refractivity contribution in [1.29, 1.82) is 0 Å². The molecule has 0 heterocycles. The Morgan fingerprint density at radius 2 is 1.70 bits per heavy atom. The van der Waals surface area contributed by atoms with Gasteiger partial charge in [0.1, 0.15) is 11.5 Å². The molecule has 0 amide bonds. The number of methoxy groups -OCH3 is 1. The number of para-hydroxylation sites is 1. The molecule has 1 unspecified atom stereocenters. The maximum Gasteiger partial charge on any atom is 0.318 e. The molecule has 20 heavy (non-hydrogen) atoms. The van der Waals surface area contributed by atoms with E-state index in [2.05, 4.69) is 0 Å². The first-order chi connectivity index (χ1) is 9.61. The summed E-state index contributed by atoms with van der Waals surface area (Å²) in [6.45, 7) is 3.80. The van der Waals surface area contributed by atoms with Gasteiger partial charge in [0.2, 0.25) is 0 Å². The summed E-state index contributed by atoms with van der Waals surface area (Å²) in [5, 5.41) is 0. The number of benzene rings is 2. The van der Waals surface area contributed by atoms with E-state index < -0.39 is 0 Å². The summed E-state index contributed by atoms with van der Waals surface area (Å²) in [4.78, 5) is 12.2. The number of aryl methyl sites for hydroxylation is 1. The molecule has 0 saturated heterocycles. The predicted molar refractivity (Wildman–Crippen MR) is 78.2 cm³/mol. The third kappa shape index (κ3) is 3.18. The van der Waals surface area contributed by atoms with Crippen LogP contribution >= 0.6 is 0 Å². The zero-order valence-corrected chi connectivity index (χ0v) is 11.9. The van der Waals surface area contributed by atoms with E-state index in [1.807, 2.05) is 50.2 Å². The molecule has 104 valence electrons. The van der Waals surface area contributed by atoms with Gasteiger partial charge in [-0.15, -0.1) is 0 Å². The van der Waals surface area contributed by atoms with E-state index in [0.29, 0.717) is 11.5 Å². The lowest BCUT2D eigenvalue weighted by Crippen LogP contribution is -2.16. The maximum absolute atomic E-state index is 12.2. The van der Waals surface area contributed by atoms with Crippen LogP contribution in [0.5, 0.6) is 11.5 Å². The third-order valence-electron chi connectivity index (χ3n) is 3.20. The van der Waals surface area contributed by atoms with Crippen molar-refractivity contribution in [3.8, 4) is 11.5 Å². The number of esters is 1. The fourth-order valence-electron chi connectivity index (χ4n) is 1.96. The van der Waals surface area contributed by atoms with Crippen molar-refractivity contribution in [1.82, 2.24) is 0 Å². The molecule has 0 aromatic heterocycles. The lowest BCUT2D eigenvalue weighted by Gasteiger charge is -2.14. The Hall–Kier alpha value is -2.29. The zero-order valence-electron chi connectivity index (χ0n) is 11.9. The van der Waals surface area contributed by atoms with Crippen molar-refractivity contribution in [3.05, 3.63) is 59.7 Å². The van der Waals surface area contributed by atoms with E-state index in [1.54, 1.807) is 19.2 Å². The molecule has 0 N–H and O–H groups in total. The summed E-state index contributed by atoms with van der Waals surface area (Å²) < 4.78 is 10.7. The van der Waals surface area contributed by atoms with Crippen LogP contribution in [-0.4, -0.2) is 13.1 Å². The Morgan fingerprint density at radius 1 is 1.05 bits per heavy atom. The SMILES string of the molecule is COc1ccccc1C(C)C(=O)Oc1ccc(C)cc1. The minimum atomic E-state index is -0.382. The van der Waals surface area contributed by atoms with Gasteiger partial charge in [0.25, 0.3) is 0 Å². The molecule has 0 saturated carbocycles. The smallest absolute Gasteiger partial charge is 0.318 e. The van der Waals surface area contributed by atoms with Crippen LogP contribution in [0.2, 0.25) is 0 Å². The van der Waals surface area contributed by atoms with Crippen molar-refractivity contribution in [3.63, 3.8) is 0 Å². The number of rotatable bonds is 4. The molecule has 0 bridgehead atoms. The Morgan fingerprint density at radius 3 is 2.35 bits per heavy atom. The van der Waals surface area contributed by atoms with E-state index in [0.717, 1.165) is 11.1 Å². The highest BCUT2D eigenvalue weighted by atomic mass is 16.5. The average molecular weight is 270 g/mol. The van der Waals surface area contributed by atoms with Gasteiger partial charge >= 0.3 is 5.97 Å². The molecule has 2 rings (SSSR count). The fraction of sp³-hybridized carbons (Fsp3) is 0.235.